The maximum Gasteiger partial charge on any atom is 0.228 e. The Morgan fingerprint density at radius 1 is 1.59 bits per heavy atom. The van der Waals surface area contributed by atoms with Gasteiger partial charge in [0.1, 0.15) is 11.1 Å². The van der Waals surface area contributed by atoms with Crippen LogP contribution in [0.15, 0.2) is 5.38 Å². The van der Waals surface area contributed by atoms with Crippen LogP contribution in [-0.2, 0) is 4.79 Å². The zero-order valence-corrected chi connectivity index (χ0v) is 10.5. The first-order valence-corrected chi connectivity index (χ1v) is 6.87. The number of nitriles is 1. The van der Waals surface area contributed by atoms with E-state index >= 15 is 0 Å². The van der Waals surface area contributed by atoms with E-state index in [0.29, 0.717) is 11.5 Å². The second-order valence-electron chi connectivity index (χ2n) is 5.07. The van der Waals surface area contributed by atoms with Gasteiger partial charge in [-0.05, 0) is 49.0 Å². The van der Waals surface area contributed by atoms with Crippen molar-refractivity contribution < 1.29 is 4.79 Å². The summed E-state index contributed by atoms with van der Waals surface area (Å²) in [6, 6.07) is 2.15. The zero-order valence-electron chi connectivity index (χ0n) is 9.69. The Morgan fingerprint density at radius 3 is 3.00 bits per heavy atom. The van der Waals surface area contributed by atoms with Crippen LogP contribution in [0, 0.1) is 36.0 Å². The average molecular weight is 246 g/mol. The Kier molecular flexibility index (Phi) is 2.44. The van der Waals surface area contributed by atoms with Crippen molar-refractivity contribution in [3.05, 3.63) is 16.5 Å². The third-order valence-corrected chi connectivity index (χ3v) is 4.74. The van der Waals surface area contributed by atoms with Gasteiger partial charge < -0.3 is 5.32 Å². The molecule has 3 nitrogen and oxygen atoms in total. The Bertz CT molecular complexity index is 510. The summed E-state index contributed by atoms with van der Waals surface area (Å²) in [4.78, 5) is 12.0. The van der Waals surface area contributed by atoms with Gasteiger partial charge >= 0.3 is 0 Å². The second kappa shape index (κ2) is 3.85. The van der Waals surface area contributed by atoms with Crippen LogP contribution < -0.4 is 5.32 Å². The van der Waals surface area contributed by atoms with E-state index in [2.05, 4.69) is 11.4 Å². The lowest BCUT2D eigenvalue weighted by Gasteiger charge is -2.02. The van der Waals surface area contributed by atoms with Gasteiger partial charge in [0.25, 0.3) is 0 Å². The lowest BCUT2D eigenvalue weighted by Crippen LogP contribution is -2.15. The van der Waals surface area contributed by atoms with Crippen LogP contribution in [0.4, 0.5) is 5.00 Å². The van der Waals surface area contributed by atoms with Crippen molar-refractivity contribution in [2.75, 3.05) is 5.32 Å². The fraction of sp³-hybridized carbons (Fsp3) is 0.538. The fourth-order valence-corrected chi connectivity index (χ4v) is 3.34. The predicted molar refractivity (Wildman–Crippen MR) is 66.7 cm³/mol. The van der Waals surface area contributed by atoms with Crippen LogP contribution in [-0.4, -0.2) is 5.91 Å². The molecule has 2 atom stereocenters. The highest BCUT2D eigenvalue weighted by Gasteiger charge is 2.51. The van der Waals surface area contributed by atoms with Crippen LogP contribution in [0.25, 0.3) is 0 Å². The van der Waals surface area contributed by atoms with E-state index in [-0.39, 0.29) is 11.8 Å². The van der Waals surface area contributed by atoms with Crippen molar-refractivity contribution in [2.45, 2.75) is 26.2 Å². The highest BCUT2D eigenvalue weighted by Crippen LogP contribution is 2.54. The summed E-state index contributed by atoms with van der Waals surface area (Å²) in [6.07, 6.45) is 3.65. The lowest BCUT2D eigenvalue weighted by atomic mass is 10.2. The van der Waals surface area contributed by atoms with E-state index < -0.39 is 0 Å². The monoisotopic (exact) mass is 246 g/mol. The molecule has 1 amide bonds. The number of thiophene rings is 1. The van der Waals surface area contributed by atoms with Crippen molar-refractivity contribution in [1.82, 2.24) is 0 Å². The van der Waals surface area contributed by atoms with Crippen molar-refractivity contribution in [1.29, 1.82) is 5.26 Å². The molecule has 0 unspecified atom stereocenters. The third-order valence-electron chi connectivity index (χ3n) is 3.73. The van der Waals surface area contributed by atoms with E-state index in [4.69, 9.17) is 5.26 Å². The molecular formula is C13H14N2OS. The summed E-state index contributed by atoms with van der Waals surface area (Å²) in [6.45, 7) is 1.90. The summed E-state index contributed by atoms with van der Waals surface area (Å²) in [5, 5.41) is 14.6. The molecule has 1 aromatic rings. The molecule has 0 saturated heterocycles. The minimum atomic E-state index is 0.111. The molecule has 4 heteroatoms. The summed E-state index contributed by atoms with van der Waals surface area (Å²) >= 11 is 1.45. The Labute approximate surface area is 104 Å². The van der Waals surface area contributed by atoms with Gasteiger partial charge in [0.15, 0.2) is 0 Å². The van der Waals surface area contributed by atoms with Crippen LogP contribution in [0.3, 0.4) is 0 Å². The van der Waals surface area contributed by atoms with Gasteiger partial charge in [-0.1, -0.05) is 0 Å². The molecule has 0 bridgehead atoms. The molecule has 2 aliphatic rings. The number of hydrogen-bond acceptors (Lipinski definition) is 3. The Morgan fingerprint density at radius 2 is 2.35 bits per heavy atom. The van der Waals surface area contributed by atoms with Crippen LogP contribution in [0.1, 0.15) is 30.4 Å². The molecule has 2 aliphatic carbocycles. The highest BCUT2D eigenvalue weighted by molar-refractivity contribution is 7.14. The molecule has 17 heavy (non-hydrogen) atoms. The number of nitrogens with zero attached hydrogens (tertiary/aromatic N) is 1. The van der Waals surface area contributed by atoms with Gasteiger partial charge in [0.05, 0.1) is 5.56 Å². The Hall–Kier alpha value is -1.34. The zero-order chi connectivity index (χ0) is 12.0. The highest BCUT2D eigenvalue weighted by atomic mass is 32.1. The smallest absolute Gasteiger partial charge is 0.228 e. The number of carbonyl (C=O) groups excluding carboxylic acids is 1. The van der Waals surface area contributed by atoms with Crippen LogP contribution in [0.2, 0.25) is 0 Å². The van der Waals surface area contributed by atoms with Gasteiger partial charge in [-0.3, -0.25) is 4.79 Å². The first-order chi connectivity index (χ1) is 8.20. The van der Waals surface area contributed by atoms with Gasteiger partial charge in [0, 0.05) is 5.92 Å². The number of rotatable bonds is 3. The van der Waals surface area contributed by atoms with E-state index in [1.807, 2.05) is 12.3 Å². The summed E-state index contributed by atoms with van der Waals surface area (Å²) in [7, 11) is 0. The number of aryl methyl sites for hydroxylation is 1. The molecule has 2 fully saturated rings. The molecule has 0 aromatic carbocycles. The van der Waals surface area contributed by atoms with Crippen molar-refractivity contribution >= 4 is 22.2 Å². The lowest BCUT2D eigenvalue weighted by molar-refractivity contribution is -0.117. The molecule has 3 rings (SSSR count). The maximum atomic E-state index is 12.0. The fourth-order valence-electron chi connectivity index (χ4n) is 2.44. The second-order valence-corrected chi connectivity index (χ2v) is 5.95. The van der Waals surface area contributed by atoms with Gasteiger partial charge in [0.2, 0.25) is 5.91 Å². The number of carbonyl (C=O) groups is 1. The molecule has 0 radical (unpaired) electrons. The summed E-state index contributed by atoms with van der Waals surface area (Å²) in [5.41, 5.74) is 1.56. The molecule has 1 N–H and O–H groups in total. The topological polar surface area (TPSA) is 52.9 Å². The molecule has 1 heterocycles. The van der Waals surface area contributed by atoms with Crippen LogP contribution in [0.5, 0.6) is 0 Å². The van der Waals surface area contributed by atoms with E-state index in [1.165, 1.54) is 24.2 Å². The molecule has 0 aliphatic heterocycles. The van der Waals surface area contributed by atoms with E-state index in [9.17, 15) is 4.79 Å². The SMILES string of the molecule is Cc1csc(NC(=O)[C@H]2C[C@@H]2C2CC2)c1C#N. The minimum absolute atomic E-state index is 0.111. The van der Waals surface area contributed by atoms with Gasteiger partial charge in [-0.15, -0.1) is 11.3 Å². The van der Waals surface area contributed by atoms with Crippen LogP contribution >= 0.6 is 11.3 Å². The van der Waals surface area contributed by atoms with Gasteiger partial charge in [-0.25, -0.2) is 0 Å². The van der Waals surface area contributed by atoms with Crippen molar-refractivity contribution in [3.63, 3.8) is 0 Å². The molecule has 88 valence electrons. The Balaban J connectivity index is 1.67. The quantitative estimate of drug-likeness (QED) is 0.891. The number of anilines is 1. The van der Waals surface area contributed by atoms with Crippen molar-refractivity contribution in [2.24, 2.45) is 17.8 Å². The summed E-state index contributed by atoms with van der Waals surface area (Å²) in [5.74, 6) is 1.75. The number of hydrogen-bond donors (Lipinski definition) is 1. The number of amides is 1. The average Bonchev–Trinajstić information content (AvgIpc) is 3.15. The number of nitrogens with one attached hydrogen (secondary N) is 1. The molecule has 2 saturated carbocycles. The summed E-state index contributed by atoms with van der Waals surface area (Å²) < 4.78 is 0. The van der Waals surface area contributed by atoms with Crippen molar-refractivity contribution in [3.8, 4) is 6.07 Å². The first-order valence-electron chi connectivity index (χ1n) is 5.99. The molecular weight excluding hydrogens is 232 g/mol. The first kappa shape index (κ1) is 10.8. The normalized spacial score (nSPS) is 26.4. The maximum absolute atomic E-state index is 12.0. The predicted octanol–water partition coefficient (Wildman–Crippen LogP) is 2.91. The largest absolute Gasteiger partial charge is 0.316 e. The third kappa shape index (κ3) is 1.96. The minimum Gasteiger partial charge on any atom is -0.316 e. The molecule has 1 aromatic heterocycles. The van der Waals surface area contributed by atoms with E-state index in [1.54, 1.807) is 0 Å². The standard InChI is InChI=1S/C13H14N2OS/c1-7-6-17-13(11(7)5-14)15-12(16)10-4-9(10)8-2-3-8/h6,8-10H,2-4H2,1H3,(H,15,16)/t9-,10+/m1/s1. The molecule has 0 spiro atoms. The van der Waals surface area contributed by atoms with E-state index in [0.717, 1.165) is 22.9 Å². The van der Waals surface area contributed by atoms with Gasteiger partial charge in [-0.2, -0.15) is 5.26 Å².